The minimum absolute atomic E-state index is 0.816. The van der Waals surface area contributed by atoms with Crippen LogP contribution in [0.2, 0.25) is 0 Å². The Balaban J connectivity index is 2.57. The lowest BCUT2D eigenvalue weighted by Gasteiger charge is -2.00. The molecule has 1 heterocycles. The molecule has 0 saturated heterocycles. The van der Waals surface area contributed by atoms with Gasteiger partial charge in [0.1, 0.15) is 4.62 Å². The molecular formula is C4H5BrN2. The SMILES string of the molecule is BrC1=NC=CNC1. The molecule has 0 bridgehead atoms. The topological polar surface area (TPSA) is 24.4 Å². The smallest absolute Gasteiger partial charge is 0.102 e. The van der Waals surface area contributed by atoms with Gasteiger partial charge in [-0.05, 0) is 15.9 Å². The Bertz CT molecular complexity index is 117. The van der Waals surface area contributed by atoms with Crippen LogP contribution >= 0.6 is 15.9 Å². The minimum atomic E-state index is 0.816. The van der Waals surface area contributed by atoms with Crippen LogP contribution in [0.3, 0.4) is 0 Å². The molecule has 0 saturated carbocycles. The number of aliphatic imine (C=N–C) groups is 1. The molecule has 1 aliphatic heterocycles. The Morgan fingerprint density at radius 1 is 1.86 bits per heavy atom. The van der Waals surface area contributed by atoms with Crippen LogP contribution in [0.5, 0.6) is 0 Å². The van der Waals surface area contributed by atoms with E-state index in [2.05, 4.69) is 26.2 Å². The summed E-state index contributed by atoms with van der Waals surface area (Å²) in [5.74, 6) is 0. The second-order valence-corrected chi connectivity index (χ2v) is 2.12. The fraction of sp³-hybridized carbons (Fsp3) is 0.250. The first-order valence-electron chi connectivity index (χ1n) is 2.00. The summed E-state index contributed by atoms with van der Waals surface area (Å²) in [5.41, 5.74) is 0. The van der Waals surface area contributed by atoms with Crippen molar-refractivity contribution >= 4 is 20.6 Å². The number of rotatable bonds is 0. The molecule has 0 amide bonds. The average molecular weight is 161 g/mol. The second-order valence-electron chi connectivity index (χ2n) is 1.20. The zero-order chi connectivity index (χ0) is 5.11. The molecule has 38 valence electrons. The van der Waals surface area contributed by atoms with Gasteiger partial charge in [-0.1, -0.05) is 0 Å². The fourth-order valence-electron chi connectivity index (χ4n) is 0.360. The summed E-state index contributed by atoms with van der Waals surface area (Å²) >= 11 is 3.22. The van der Waals surface area contributed by atoms with Crippen molar-refractivity contribution in [2.45, 2.75) is 0 Å². The molecule has 1 rings (SSSR count). The third kappa shape index (κ3) is 1.31. The van der Waals surface area contributed by atoms with Crippen molar-refractivity contribution in [2.24, 2.45) is 4.99 Å². The van der Waals surface area contributed by atoms with Gasteiger partial charge in [0.2, 0.25) is 0 Å². The van der Waals surface area contributed by atoms with E-state index in [9.17, 15) is 0 Å². The van der Waals surface area contributed by atoms with Gasteiger partial charge in [0.05, 0.1) is 6.54 Å². The van der Waals surface area contributed by atoms with E-state index in [0.717, 1.165) is 11.2 Å². The normalized spacial score (nSPS) is 18.1. The molecule has 0 aromatic heterocycles. The van der Waals surface area contributed by atoms with E-state index in [1.165, 1.54) is 0 Å². The largest absolute Gasteiger partial charge is 0.383 e. The fourth-order valence-corrected chi connectivity index (χ4v) is 0.640. The van der Waals surface area contributed by atoms with Crippen LogP contribution in [0.25, 0.3) is 0 Å². The summed E-state index contributed by atoms with van der Waals surface area (Å²) in [6.07, 6.45) is 3.53. The van der Waals surface area contributed by atoms with Gasteiger partial charge < -0.3 is 5.32 Å². The number of nitrogens with zero attached hydrogens (tertiary/aromatic N) is 1. The molecule has 1 aliphatic rings. The summed E-state index contributed by atoms with van der Waals surface area (Å²) in [5, 5.41) is 2.98. The molecule has 1 N–H and O–H groups in total. The van der Waals surface area contributed by atoms with E-state index in [-0.39, 0.29) is 0 Å². The predicted octanol–water partition coefficient (Wildman–Crippen LogP) is 0.854. The third-order valence-corrected chi connectivity index (χ3v) is 1.14. The van der Waals surface area contributed by atoms with Crippen molar-refractivity contribution in [3.63, 3.8) is 0 Å². The molecule has 3 heteroatoms. The quantitative estimate of drug-likeness (QED) is 0.559. The lowest BCUT2D eigenvalue weighted by Crippen LogP contribution is -2.15. The molecule has 0 spiro atoms. The maximum absolute atomic E-state index is 3.92. The predicted molar refractivity (Wildman–Crippen MR) is 33.5 cm³/mol. The highest BCUT2D eigenvalue weighted by Crippen LogP contribution is 1.92. The molecule has 7 heavy (non-hydrogen) atoms. The van der Waals surface area contributed by atoms with Gasteiger partial charge in [-0.2, -0.15) is 0 Å². The van der Waals surface area contributed by atoms with Gasteiger partial charge in [0.25, 0.3) is 0 Å². The van der Waals surface area contributed by atoms with E-state index >= 15 is 0 Å². The maximum atomic E-state index is 3.92. The molecular weight excluding hydrogens is 156 g/mol. The highest BCUT2D eigenvalue weighted by atomic mass is 79.9. The third-order valence-electron chi connectivity index (χ3n) is 0.655. The molecule has 0 atom stereocenters. The average Bonchev–Trinajstić information content (AvgIpc) is 1.69. The monoisotopic (exact) mass is 160 g/mol. The molecule has 0 fully saturated rings. The Morgan fingerprint density at radius 3 is 3.00 bits per heavy atom. The molecule has 2 nitrogen and oxygen atoms in total. The van der Waals surface area contributed by atoms with Crippen LogP contribution in [0, 0.1) is 0 Å². The second kappa shape index (κ2) is 2.12. The Morgan fingerprint density at radius 2 is 2.71 bits per heavy atom. The first kappa shape index (κ1) is 4.84. The molecule has 0 radical (unpaired) electrons. The van der Waals surface area contributed by atoms with E-state index in [1.54, 1.807) is 6.20 Å². The summed E-state index contributed by atoms with van der Waals surface area (Å²) in [6, 6.07) is 0. The van der Waals surface area contributed by atoms with Gasteiger partial charge in [-0.3, -0.25) is 4.99 Å². The maximum Gasteiger partial charge on any atom is 0.102 e. The van der Waals surface area contributed by atoms with Crippen molar-refractivity contribution < 1.29 is 0 Å². The van der Waals surface area contributed by atoms with E-state index in [1.807, 2.05) is 6.20 Å². The van der Waals surface area contributed by atoms with Crippen LogP contribution in [-0.2, 0) is 0 Å². The molecule has 0 aromatic rings. The zero-order valence-corrected chi connectivity index (χ0v) is 5.27. The lowest BCUT2D eigenvalue weighted by atomic mass is 10.6. The van der Waals surface area contributed by atoms with Crippen molar-refractivity contribution in [1.29, 1.82) is 0 Å². The summed E-state index contributed by atoms with van der Waals surface area (Å²) in [4.78, 5) is 3.92. The van der Waals surface area contributed by atoms with E-state index < -0.39 is 0 Å². The Hall–Kier alpha value is -0.310. The Labute approximate surface area is 50.5 Å². The zero-order valence-electron chi connectivity index (χ0n) is 3.69. The van der Waals surface area contributed by atoms with E-state index in [4.69, 9.17) is 0 Å². The van der Waals surface area contributed by atoms with Crippen molar-refractivity contribution in [3.8, 4) is 0 Å². The Kier molecular flexibility index (Phi) is 1.46. The lowest BCUT2D eigenvalue weighted by molar-refractivity contribution is 1.00. The van der Waals surface area contributed by atoms with E-state index in [0.29, 0.717) is 0 Å². The van der Waals surface area contributed by atoms with Crippen LogP contribution < -0.4 is 5.32 Å². The molecule has 0 unspecified atom stereocenters. The standard InChI is InChI=1S/C4H5BrN2/c5-4-3-6-1-2-7-4/h1-2,6H,3H2. The van der Waals surface area contributed by atoms with Crippen LogP contribution in [0.4, 0.5) is 0 Å². The van der Waals surface area contributed by atoms with Gasteiger partial charge in [-0.25, -0.2) is 0 Å². The number of hydrogen-bond acceptors (Lipinski definition) is 2. The number of halogens is 1. The number of hydrogen-bond donors (Lipinski definition) is 1. The number of nitrogens with one attached hydrogen (secondary N) is 1. The first-order valence-corrected chi connectivity index (χ1v) is 2.79. The van der Waals surface area contributed by atoms with Crippen molar-refractivity contribution in [1.82, 2.24) is 5.32 Å². The van der Waals surface area contributed by atoms with Gasteiger partial charge in [0, 0.05) is 12.4 Å². The highest BCUT2D eigenvalue weighted by Gasteiger charge is 1.90. The summed E-state index contributed by atoms with van der Waals surface area (Å²) < 4.78 is 0.954. The van der Waals surface area contributed by atoms with Crippen LogP contribution in [0.1, 0.15) is 0 Å². The molecule has 0 aliphatic carbocycles. The van der Waals surface area contributed by atoms with Crippen LogP contribution in [0.15, 0.2) is 17.4 Å². The van der Waals surface area contributed by atoms with Gasteiger partial charge in [-0.15, -0.1) is 0 Å². The van der Waals surface area contributed by atoms with Crippen LogP contribution in [-0.4, -0.2) is 11.2 Å². The van der Waals surface area contributed by atoms with Crippen molar-refractivity contribution in [3.05, 3.63) is 12.4 Å². The highest BCUT2D eigenvalue weighted by molar-refractivity contribution is 9.18. The minimum Gasteiger partial charge on any atom is -0.383 e. The summed E-state index contributed by atoms with van der Waals surface area (Å²) in [7, 11) is 0. The van der Waals surface area contributed by atoms with Gasteiger partial charge in [0.15, 0.2) is 0 Å². The van der Waals surface area contributed by atoms with Gasteiger partial charge >= 0.3 is 0 Å². The van der Waals surface area contributed by atoms with Crippen molar-refractivity contribution in [2.75, 3.05) is 6.54 Å². The summed E-state index contributed by atoms with van der Waals surface area (Å²) in [6.45, 7) is 0.816. The first-order chi connectivity index (χ1) is 3.39. The molecule has 0 aromatic carbocycles.